The first-order chi connectivity index (χ1) is 18.3. The number of pyridine rings is 1. The number of benzene rings is 2. The van der Waals surface area contributed by atoms with Crippen LogP contribution in [0, 0.1) is 0 Å². The normalized spacial score (nSPS) is 28.6. The van der Waals surface area contributed by atoms with Crippen LogP contribution in [-0.4, -0.2) is 64.6 Å². The van der Waals surface area contributed by atoms with Crippen molar-refractivity contribution in [2.24, 2.45) is 0 Å². The van der Waals surface area contributed by atoms with E-state index in [9.17, 15) is 19.5 Å². The molecule has 194 valence electrons. The molecule has 2 aromatic carbocycles. The number of amides is 1. The Balaban J connectivity index is 1.11. The summed E-state index contributed by atoms with van der Waals surface area (Å²) in [6, 6.07) is 15.0. The van der Waals surface area contributed by atoms with Crippen molar-refractivity contribution in [2.45, 2.75) is 48.8 Å². The van der Waals surface area contributed by atoms with Crippen molar-refractivity contribution in [1.29, 1.82) is 0 Å². The lowest BCUT2D eigenvalue weighted by Crippen LogP contribution is -2.66. The third kappa shape index (κ3) is 3.07. The molecule has 8 nitrogen and oxygen atoms in total. The second-order valence-corrected chi connectivity index (χ2v) is 11.1. The highest BCUT2D eigenvalue weighted by atomic mass is 16.5. The Kier molecular flexibility index (Phi) is 5.00. The molecule has 4 atom stereocenters. The number of Topliss-reactive ketones (excluding diaryl/α,β-unsaturated/α-hetero) is 1. The van der Waals surface area contributed by atoms with Gasteiger partial charge in [-0.1, -0.05) is 30.3 Å². The molecule has 4 unspecified atom stereocenters. The Bertz CT molecular complexity index is 1550. The van der Waals surface area contributed by atoms with Gasteiger partial charge in [0.15, 0.2) is 11.9 Å². The van der Waals surface area contributed by atoms with Gasteiger partial charge in [-0.2, -0.15) is 0 Å². The predicted octanol–water partition coefficient (Wildman–Crippen LogP) is 1.98. The fraction of sp³-hybridized carbons (Fsp3) is 0.367. The Morgan fingerprint density at radius 3 is 2.76 bits per heavy atom. The number of nitrogens with one attached hydrogen (secondary N) is 2. The molecule has 4 aliphatic rings. The van der Waals surface area contributed by atoms with Gasteiger partial charge in [-0.3, -0.25) is 19.3 Å². The number of carbonyl (C=O) groups excluding carboxylic acids is 2. The molecular weight excluding hydrogens is 482 g/mol. The Labute approximate surface area is 219 Å². The Hall–Kier alpha value is -3.75. The fourth-order valence-corrected chi connectivity index (χ4v) is 7.45. The first kappa shape index (κ1) is 23.4. The Morgan fingerprint density at radius 1 is 1.16 bits per heavy atom. The molecular formula is C30H29N3O5. The van der Waals surface area contributed by atoms with Crippen molar-refractivity contribution in [3.8, 4) is 16.9 Å². The van der Waals surface area contributed by atoms with E-state index in [0.717, 1.165) is 27.8 Å². The zero-order valence-corrected chi connectivity index (χ0v) is 21.1. The van der Waals surface area contributed by atoms with E-state index in [1.54, 1.807) is 18.3 Å². The molecule has 2 fully saturated rings. The van der Waals surface area contributed by atoms with Gasteiger partial charge in [-0.05, 0) is 60.7 Å². The standard InChI is InChI=1S/C30H29N3O5/c1-33-16-29-25-20-6-7-21(26(25)38-27(29)22(34)8-11-30(29,37)23(33)14-20)28(36)32-12-9-17-2-4-18(5-3-17)19-10-13-31-24(35)15-19/h2-7,10,13,15,23,27,37H,8-9,11-12,14,16H2,1H3,(H,31,35)(H,32,36). The number of aliphatic hydroxyl groups is 1. The molecule has 3 N–H and O–H groups in total. The number of hydrogen-bond donors (Lipinski definition) is 3. The maximum atomic E-state index is 13.3. The lowest BCUT2D eigenvalue weighted by atomic mass is 9.54. The molecule has 1 saturated carbocycles. The minimum absolute atomic E-state index is 0.00249. The number of nitrogens with zero attached hydrogens (tertiary/aromatic N) is 1. The van der Waals surface area contributed by atoms with Gasteiger partial charge >= 0.3 is 0 Å². The number of aromatic amines is 1. The quantitative estimate of drug-likeness (QED) is 0.483. The van der Waals surface area contributed by atoms with E-state index in [4.69, 9.17) is 4.74 Å². The minimum Gasteiger partial charge on any atom is -0.480 e. The van der Waals surface area contributed by atoms with Gasteiger partial charge in [0.05, 0.1) is 16.6 Å². The predicted molar refractivity (Wildman–Crippen MR) is 140 cm³/mol. The largest absolute Gasteiger partial charge is 0.480 e. The first-order valence-corrected chi connectivity index (χ1v) is 13.2. The number of aromatic nitrogens is 1. The number of rotatable bonds is 5. The van der Waals surface area contributed by atoms with E-state index >= 15 is 0 Å². The number of likely N-dealkylation sites (tertiary alicyclic amines) is 1. The van der Waals surface area contributed by atoms with E-state index in [-0.39, 0.29) is 29.7 Å². The number of carbonyl (C=O) groups is 2. The van der Waals surface area contributed by atoms with Crippen molar-refractivity contribution >= 4 is 11.7 Å². The van der Waals surface area contributed by atoms with Gasteiger partial charge in [-0.25, -0.2) is 0 Å². The van der Waals surface area contributed by atoms with E-state index in [1.165, 1.54) is 0 Å². The minimum atomic E-state index is -1.03. The molecule has 2 aliphatic heterocycles. The van der Waals surface area contributed by atoms with Gasteiger partial charge in [0.2, 0.25) is 5.56 Å². The fourth-order valence-electron chi connectivity index (χ4n) is 7.45. The van der Waals surface area contributed by atoms with Crippen LogP contribution in [0.25, 0.3) is 11.1 Å². The summed E-state index contributed by atoms with van der Waals surface area (Å²) in [7, 11) is 2.00. The van der Waals surface area contributed by atoms with Crippen LogP contribution >= 0.6 is 0 Å². The maximum Gasteiger partial charge on any atom is 0.255 e. The molecule has 1 aromatic heterocycles. The highest BCUT2D eigenvalue weighted by molar-refractivity contribution is 5.99. The molecule has 0 radical (unpaired) electrons. The van der Waals surface area contributed by atoms with Crippen LogP contribution in [0.2, 0.25) is 0 Å². The summed E-state index contributed by atoms with van der Waals surface area (Å²) >= 11 is 0. The number of likely N-dealkylation sites (N-methyl/N-ethyl adjacent to an activating group) is 1. The number of ether oxygens (including phenoxy) is 1. The van der Waals surface area contributed by atoms with Gasteiger partial charge in [0.25, 0.3) is 5.91 Å². The van der Waals surface area contributed by atoms with Crippen molar-refractivity contribution in [3.05, 3.63) is 87.3 Å². The van der Waals surface area contributed by atoms with Gasteiger partial charge in [0, 0.05) is 43.4 Å². The summed E-state index contributed by atoms with van der Waals surface area (Å²) < 4.78 is 6.31. The molecule has 3 heterocycles. The monoisotopic (exact) mass is 511 g/mol. The van der Waals surface area contributed by atoms with Crippen molar-refractivity contribution < 1.29 is 19.4 Å². The smallest absolute Gasteiger partial charge is 0.255 e. The van der Waals surface area contributed by atoms with Gasteiger partial charge in [-0.15, -0.1) is 0 Å². The van der Waals surface area contributed by atoms with Crippen molar-refractivity contribution in [3.63, 3.8) is 0 Å². The van der Waals surface area contributed by atoms with Crippen LogP contribution in [0.15, 0.2) is 59.5 Å². The van der Waals surface area contributed by atoms with Crippen LogP contribution in [0.4, 0.5) is 0 Å². The first-order valence-electron chi connectivity index (χ1n) is 13.2. The summed E-state index contributed by atoms with van der Waals surface area (Å²) in [5.74, 6) is 0.222. The summed E-state index contributed by atoms with van der Waals surface area (Å²) in [5, 5.41) is 14.9. The van der Waals surface area contributed by atoms with E-state index < -0.39 is 17.1 Å². The van der Waals surface area contributed by atoms with E-state index in [2.05, 4.69) is 15.2 Å². The van der Waals surface area contributed by atoms with E-state index in [0.29, 0.717) is 43.7 Å². The van der Waals surface area contributed by atoms with Crippen molar-refractivity contribution in [2.75, 3.05) is 20.1 Å². The molecule has 1 amide bonds. The van der Waals surface area contributed by atoms with Gasteiger partial charge in [0.1, 0.15) is 5.75 Å². The van der Waals surface area contributed by atoms with Crippen LogP contribution in [0.1, 0.15) is 39.9 Å². The van der Waals surface area contributed by atoms with Gasteiger partial charge < -0.3 is 20.1 Å². The molecule has 3 aromatic rings. The topological polar surface area (TPSA) is 112 Å². The molecule has 8 heteroatoms. The third-order valence-electron chi connectivity index (χ3n) is 9.19. The number of H-pyrrole nitrogens is 1. The molecule has 1 spiro atoms. The summed E-state index contributed by atoms with van der Waals surface area (Å²) in [6.45, 7) is 0.977. The highest BCUT2D eigenvalue weighted by Gasteiger charge is 2.75. The van der Waals surface area contributed by atoms with Crippen LogP contribution in [0.3, 0.4) is 0 Å². The maximum absolute atomic E-state index is 13.3. The second-order valence-electron chi connectivity index (χ2n) is 11.1. The summed E-state index contributed by atoms with van der Waals surface area (Å²) in [5.41, 5.74) is 3.22. The highest BCUT2D eigenvalue weighted by Crippen LogP contribution is 2.63. The molecule has 7 rings (SSSR count). The van der Waals surface area contributed by atoms with E-state index in [1.807, 2.05) is 43.4 Å². The van der Waals surface area contributed by atoms with Crippen LogP contribution in [0.5, 0.6) is 5.75 Å². The third-order valence-corrected chi connectivity index (χ3v) is 9.19. The number of ketones is 1. The molecule has 2 aliphatic carbocycles. The average molecular weight is 512 g/mol. The molecule has 38 heavy (non-hydrogen) atoms. The SMILES string of the molecule is CN1CC23c4c5ccc(C(=O)NCCc6ccc(-c7cc[nH]c(=O)c7)cc6)c4OC2C(=O)CCC3(O)C1C5. The molecule has 1 saturated heterocycles. The van der Waals surface area contributed by atoms with Crippen LogP contribution in [-0.2, 0) is 23.1 Å². The zero-order valence-electron chi connectivity index (χ0n) is 21.1. The Morgan fingerprint density at radius 2 is 1.97 bits per heavy atom. The zero-order chi connectivity index (χ0) is 26.2. The second kappa shape index (κ2) is 8.12. The summed E-state index contributed by atoms with van der Waals surface area (Å²) in [4.78, 5) is 42.7. The molecule has 2 bridgehead atoms. The lowest BCUT2D eigenvalue weighted by Gasteiger charge is -2.50. The van der Waals surface area contributed by atoms with Crippen molar-refractivity contribution in [1.82, 2.24) is 15.2 Å². The summed E-state index contributed by atoms with van der Waals surface area (Å²) in [6.07, 6.45) is 2.91. The average Bonchev–Trinajstić information content (AvgIpc) is 3.32. The van der Waals surface area contributed by atoms with Crippen LogP contribution < -0.4 is 15.6 Å². The number of hydrogen-bond acceptors (Lipinski definition) is 6. The lowest BCUT2D eigenvalue weighted by molar-refractivity contribution is -0.147.